The Balaban J connectivity index is 0.000000676. The molecule has 0 saturated carbocycles. The lowest BCUT2D eigenvalue weighted by molar-refractivity contribution is 0.102. The molecule has 3 N–H and O–H groups in total. The first-order valence-corrected chi connectivity index (χ1v) is 13.1. The van der Waals surface area contributed by atoms with Gasteiger partial charge in [-0.25, -0.2) is 0 Å². The molecule has 0 radical (unpaired) electrons. The van der Waals surface area contributed by atoms with E-state index in [2.05, 4.69) is 42.1 Å². The minimum absolute atomic E-state index is 0.0233. The summed E-state index contributed by atoms with van der Waals surface area (Å²) in [5.41, 5.74) is 3.29. The molecule has 4 aromatic carbocycles. The number of aromatic nitrogens is 1. The third-order valence-corrected chi connectivity index (χ3v) is 5.46. The summed E-state index contributed by atoms with van der Waals surface area (Å²) in [6.07, 6.45) is 3.50. The Labute approximate surface area is 232 Å². The highest BCUT2D eigenvalue weighted by Gasteiger charge is 2.15. The summed E-state index contributed by atoms with van der Waals surface area (Å²) in [5.74, 6) is -0.350. The number of amides is 1. The van der Waals surface area contributed by atoms with Crippen LogP contribution in [0.15, 0.2) is 104 Å². The lowest BCUT2D eigenvalue weighted by Crippen LogP contribution is -2.12. The van der Waals surface area contributed by atoms with E-state index >= 15 is 0 Å². The van der Waals surface area contributed by atoms with E-state index in [1.165, 1.54) is 5.52 Å². The van der Waals surface area contributed by atoms with Gasteiger partial charge in [0.05, 0.1) is 5.56 Å². The van der Waals surface area contributed by atoms with Gasteiger partial charge in [0, 0.05) is 41.1 Å². The van der Waals surface area contributed by atoms with E-state index in [-0.39, 0.29) is 17.2 Å². The predicted molar refractivity (Wildman–Crippen MR) is 170 cm³/mol. The summed E-state index contributed by atoms with van der Waals surface area (Å²) in [6, 6.07) is 25.2. The van der Waals surface area contributed by atoms with Gasteiger partial charge in [-0.05, 0) is 67.9 Å². The molecule has 0 fully saturated rings. The molecule has 0 atom stereocenters. The quantitative estimate of drug-likeness (QED) is 0.205. The lowest BCUT2D eigenvalue weighted by atomic mass is 10.1. The number of nitrogens with one attached hydrogen (secondary N) is 1. The van der Waals surface area contributed by atoms with Crippen molar-refractivity contribution in [2.24, 2.45) is 0 Å². The van der Waals surface area contributed by atoms with Gasteiger partial charge in [-0.15, -0.1) is 13.2 Å². The van der Waals surface area contributed by atoms with Gasteiger partial charge in [0.2, 0.25) is 0 Å². The fourth-order valence-corrected chi connectivity index (χ4v) is 4.08. The molecule has 0 aliphatic heterocycles. The number of fused-ring (bicyclic) bond motifs is 4. The maximum Gasteiger partial charge on any atom is 0.259 e. The SMILES string of the molecule is C=CC.C=CC.CC.CCn1c2ccccc2c2cc(NC(=O)c3cc4ccccc4cc3O)ccc21.CO. The van der Waals surface area contributed by atoms with Gasteiger partial charge in [0.25, 0.3) is 5.91 Å². The summed E-state index contributed by atoms with van der Waals surface area (Å²) in [4.78, 5) is 12.9. The molecule has 0 spiro atoms. The Bertz CT molecular complexity index is 1490. The molecule has 39 heavy (non-hydrogen) atoms. The first-order valence-electron chi connectivity index (χ1n) is 13.1. The Morgan fingerprint density at radius 3 is 1.92 bits per heavy atom. The van der Waals surface area contributed by atoms with Crippen LogP contribution in [0.4, 0.5) is 5.69 Å². The number of benzene rings is 4. The molecular weight excluding hydrogens is 484 g/mol. The molecular formula is C34H42N2O3. The molecule has 1 heterocycles. The first-order chi connectivity index (χ1) is 19.0. The highest BCUT2D eigenvalue weighted by atomic mass is 16.3. The van der Waals surface area contributed by atoms with Crippen LogP contribution in [0, 0.1) is 0 Å². The zero-order valence-electron chi connectivity index (χ0n) is 24.0. The standard InChI is InChI=1S/C25H20N2O2.2C3H6.C2H6.CH4O/c1-2-27-22-10-6-5-9-19(22)20-15-18(11-12-23(20)27)26-25(29)21-13-16-7-3-4-8-17(16)14-24(21)28;2*1-3-2;2*1-2/h3-15,28H,2H2,1H3,(H,26,29);2*3H,1H2,2H3;1-2H3;2H,1H3. The van der Waals surface area contributed by atoms with Crippen LogP contribution >= 0.6 is 0 Å². The van der Waals surface area contributed by atoms with Crippen molar-refractivity contribution in [3.8, 4) is 5.75 Å². The molecule has 5 rings (SSSR count). The monoisotopic (exact) mass is 526 g/mol. The third kappa shape index (κ3) is 8.06. The molecule has 0 aliphatic carbocycles. The van der Waals surface area contributed by atoms with Crippen molar-refractivity contribution in [3.63, 3.8) is 0 Å². The summed E-state index contributed by atoms with van der Waals surface area (Å²) in [7, 11) is 1.00. The molecule has 1 amide bonds. The number of allylic oxidation sites excluding steroid dienone is 2. The van der Waals surface area contributed by atoms with E-state index in [0.29, 0.717) is 5.69 Å². The van der Waals surface area contributed by atoms with Crippen LogP contribution in [0.5, 0.6) is 5.75 Å². The van der Waals surface area contributed by atoms with Crippen LogP contribution < -0.4 is 5.32 Å². The predicted octanol–water partition coefficient (Wildman–Crippen LogP) is 8.94. The van der Waals surface area contributed by atoms with Gasteiger partial charge < -0.3 is 20.1 Å². The zero-order valence-corrected chi connectivity index (χ0v) is 24.0. The van der Waals surface area contributed by atoms with E-state index in [9.17, 15) is 9.90 Å². The van der Waals surface area contributed by atoms with Crippen molar-refractivity contribution < 1.29 is 15.0 Å². The fraction of sp³-hybridized carbons (Fsp3) is 0.206. The number of hydrogen-bond donors (Lipinski definition) is 3. The number of carbonyl (C=O) groups excluding carboxylic acids is 1. The third-order valence-electron chi connectivity index (χ3n) is 5.46. The maximum atomic E-state index is 12.9. The topological polar surface area (TPSA) is 74.5 Å². The summed E-state index contributed by atoms with van der Waals surface area (Å²) >= 11 is 0. The molecule has 0 bridgehead atoms. The average molecular weight is 527 g/mol. The van der Waals surface area contributed by atoms with Crippen molar-refractivity contribution in [1.29, 1.82) is 0 Å². The Kier molecular flexibility index (Phi) is 14.4. The molecule has 0 aliphatic rings. The number of aliphatic hydroxyl groups excluding tert-OH is 1. The molecule has 5 heteroatoms. The molecule has 206 valence electrons. The summed E-state index contributed by atoms with van der Waals surface area (Å²) < 4.78 is 2.27. The molecule has 5 aromatic rings. The fourth-order valence-electron chi connectivity index (χ4n) is 4.08. The van der Waals surface area contributed by atoms with Gasteiger partial charge in [0.15, 0.2) is 0 Å². The van der Waals surface area contributed by atoms with Gasteiger partial charge in [0.1, 0.15) is 5.75 Å². The van der Waals surface area contributed by atoms with Crippen LogP contribution in [-0.2, 0) is 6.54 Å². The molecule has 5 nitrogen and oxygen atoms in total. The van der Waals surface area contributed by atoms with Gasteiger partial charge in [-0.1, -0.05) is 68.5 Å². The first kappa shape index (κ1) is 32.7. The number of aromatic hydroxyl groups is 1. The second kappa shape index (κ2) is 17.2. The average Bonchev–Trinajstić information content (AvgIpc) is 3.28. The second-order valence-corrected chi connectivity index (χ2v) is 7.98. The number of carbonyl (C=O) groups is 1. The number of phenols is 1. The minimum Gasteiger partial charge on any atom is -0.507 e. The van der Waals surface area contributed by atoms with Gasteiger partial charge >= 0.3 is 0 Å². The van der Waals surface area contributed by atoms with Crippen molar-refractivity contribution in [3.05, 3.63) is 110 Å². The highest BCUT2D eigenvalue weighted by Crippen LogP contribution is 2.32. The van der Waals surface area contributed by atoms with Crippen LogP contribution in [-0.4, -0.2) is 27.8 Å². The number of para-hydroxylation sites is 1. The van der Waals surface area contributed by atoms with E-state index in [1.807, 2.05) is 82.3 Å². The van der Waals surface area contributed by atoms with Crippen LogP contribution in [0.3, 0.4) is 0 Å². The lowest BCUT2D eigenvalue weighted by Gasteiger charge is -2.09. The Morgan fingerprint density at radius 1 is 0.821 bits per heavy atom. The number of hydrogen-bond acceptors (Lipinski definition) is 3. The smallest absolute Gasteiger partial charge is 0.259 e. The number of aliphatic hydroxyl groups is 1. The number of anilines is 1. The van der Waals surface area contributed by atoms with Crippen LogP contribution in [0.25, 0.3) is 32.6 Å². The summed E-state index contributed by atoms with van der Waals surface area (Å²) in [5, 5.41) is 24.4. The largest absolute Gasteiger partial charge is 0.507 e. The van der Waals surface area contributed by atoms with Crippen LogP contribution in [0.2, 0.25) is 0 Å². The number of rotatable bonds is 3. The summed E-state index contributed by atoms with van der Waals surface area (Å²) in [6.45, 7) is 17.5. The minimum atomic E-state index is -0.327. The van der Waals surface area contributed by atoms with E-state index in [4.69, 9.17) is 5.11 Å². The van der Waals surface area contributed by atoms with Crippen molar-refractivity contribution in [2.45, 2.75) is 41.2 Å². The van der Waals surface area contributed by atoms with Crippen molar-refractivity contribution >= 4 is 44.2 Å². The molecule has 1 aromatic heterocycles. The van der Waals surface area contributed by atoms with E-state index in [0.717, 1.165) is 40.7 Å². The number of nitrogens with zero attached hydrogens (tertiary/aromatic N) is 1. The maximum absolute atomic E-state index is 12.9. The van der Waals surface area contributed by atoms with Gasteiger partial charge in [-0.3, -0.25) is 4.79 Å². The molecule has 0 unspecified atom stereocenters. The highest BCUT2D eigenvalue weighted by molar-refractivity contribution is 6.12. The van der Waals surface area contributed by atoms with E-state index < -0.39 is 0 Å². The van der Waals surface area contributed by atoms with Crippen molar-refractivity contribution in [1.82, 2.24) is 4.57 Å². The van der Waals surface area contributed by atoms with E-state index in [1.54, 1.807) is 24.3 Å². The second-order valence-electron chi connectivity index (χ2n) is 7.98. The number of phenolic OH excluding ortho intramolecular Hbond substituents is 1. The molecule has 0 saturated heterocycles. The zero-order chi connectivity index (χ0) is 29.4. The Morgan fingerprint density at radius 2 is 1.33 bits per heavy atom. The van der Waals surface area contributed by atoms with Gasteiger partial charge in [-0.2, -0.15) is 0 Å². The number of aryl methyl sites for hydroxylation is 1. The van der Waals surface area contributed by atoms with Crippen LogP contribution in [0.1, 0.15) is 45.0 Å². The van der Waals surface area contributed by atoms with Crippen molar-refractivity contribution in [2.75, 3.05) is 12.4 Å². The Hall–Kier alpha value is -4.35. The normalized spacial score (nSPS) is 9.41.